The molecule has 2 atom stereocenters. The van der Waals surface area contributed by atoms with Crippen LogP contribution in [0, 0.1) is 17.8 Å². The predicted molar refractivity (Wildman–Crippen MR) is 94.5 cm³/mol. The van der Waals surface area contributed by atoms with Crippen molar-refractivity contribution in [1.82, 2.24) is 14.7 Å². The molecule has 5 nitrogen and oxygen atoms in total. The topological polar surface area (TPSA) is 43.9 Å². The molecule has 2 heterocycles. The molecule has 0 radical (unpaired) electrons. The van der Waals surface area contributed by atoms with Gasteiger partial charge in [-0.05, 0) is 31.1 Å². The van der Waals surface area contributed by atoms with Gasteiger partial charge in [-0.2, -0.15) is 0 Å². The molecule has 0 N–H and O–H groups in total. The molecule has 3 aliphatic rings. The zero-order valence-electron chi connectivity index (χ0n) is 15.4. The first-order valence-corrected chi connectivity index (χ1v) is 9.82. The average molecular weight is 335 g/mol. The largest absolute Gasteiger partial charge is 0.341 e. The first kappa shape index (κ1) is 17.7. The van der Waals surface area contributed by atoms with Crippen LogP contribution in [0.25, 0.3) is 0 Å². The number of hydrogen-bond acceptors (Lipinski definition) is 3. The maximum absolute atomic E-state index is 12.6. The maximum atomic E-state index is 12.6. The molecule has 24 heavy (non-hydrogen) atoms. The molecule has 2 aliphatic heterocycles. The smallest absolute Gasteiger partial charge is 0.236 e. The van der Waals surface area contributed by atoms with E-state index in [-0.39, 0.29) is 11.8 Å². The molecule has 0 aromatic heterocycles. The van der Waals surface area contributed by atoms with Gasteiger partial charge in [0.05, 0.1) is 6.54 Å². The van der Waals surface area contributed by atoms with E-state index in [1.165, 1.54) is 19.3 Å². The molecule has 1 aliphatic carbocycles. The number of piperazine rings is 1. The minimum atomic E-state index is 0.268. The summed E-state index contributed by atoms with van der Waals surface area (Å²) in [7, 11) is 0. The molecule has 136 valence electrons. The Morgan fingerprint density at radius 1 is 0.875 bits per heavy atom. The van der Waals surface area contributed by atoms with Crippen molar-refractivity contribution in [2.75, 3.05) is 45.8 Å². The van der Waals surface area contributed by atoms with Crippen molar-refractivity contribution in [1.29, 1.82) is 0 Å². The Kier molecular flexibility index (Phi) is 5.80. The van der Waals surface area contributed by atoms with E-state index in [1.54, 1.807) is 0 Å². The van der Waals surface area contributed by atoms with Crippen LogP contribution in [-0.2, 0) is 9.59 Å². The van der Waals surface area contributed by atoms with Gasteiger partial charge in [0, 0.05) is 45.2 Å². The number of carbonyl (C=O) groups is 2. The highest BCUT2D eigenvalue weighted by Crippen LogP contribution is 2.27. The molecule has 2 saturated heterocycles. The summed E-state index contributed by atoms with van der Waals surface area (Å²) in [5.74, 6) is 2.12. The number of piperidine rings is 1. The van der Waals surface area contributed by atoms with Gasteiger partial charge in [0.15, 0.2) is 0 Å². The summed E-state index contributed by atoms with van der Waals surface area (Å²) < 4.78 is 0. The van der Waals surface area contributed by atoms with E-state index >= 15 is 0 Å². The third kappa shape index (κ3) is 4.29. The molecule has 3 fully saturated rings. The van der Waals surface area contributed by atoms with Crippen molar-refractivity contribution < 1.29 is 9.59 Å². The summed E-state index contributed by atoms with van der Waals surface area (Å²) in [4.78, 5) is 31.4. The zero-order valence-corrected chi connectivity index (χ0v) is 15.4. The molecule has 2 amide bonds. The van der Waals surface area contributed by atoms with Gasteiger partial charge < -0.3 is 9.80 Å². The van der Waals surface area contributed by atoms with Crippen LogP contribution in [0.2, 0.25) is 0 Å². The molecule has 1 saturated carbocycles. The first-order valence-electron chi connectivity index (χ1n) is 9.82. The van der Waals surface area contributed by atoms with Crippen LogP contribution in [-0.4, -0.2) is 72.3 Å². The molecule has 2 unspecified atom stereocenters. The monoisotopic (exact) mass is 335 g/mol. The summed E-state index contributed by atoms with van der Waals surface area (Å²) >= 11 is 0. The summed E-state index contributed by atoms with van der Waals surface area (Å²) in [6, 6.07) is 0. The predicted octanol–water partition coefficient (Wildman–Crippen LogP) is 1.83. The Labute approximate surface area is 146 Å². The van der Waals surface area contributed by atoms with E-state index in [0.717, 1.165) is 52.1 Å². The molecular weight excluding hydrogens is 302 g/mol. The van der Waals surface area contributed by atoms with Crippen molar-refractivity contribution in [2.45, 2.75) is 46.0 Å². The average Bonchev–Trinajstić information content (AvgIpc) is 3.08. The second kappa shape index (κ2) is 7.85. The molecule has 0 bridgehead atoms. The van der Waals surface area contributed by atoms with Crippen molar-refractivity contribution >= 4 is 11.8 Å². The molecule has 0 aromatic rings. The number of likely N-dealkylation sites (tertiary alicyclic amines) is 1. The third-order valence-electron chi connectivity index (χ3n) is 5.97. The summed E-state index contributed by atoms with van der Waals surface area (Å²) in [5, 5.41) is 0. The van der Waals surface area contributed by atoms with Crippen LogP contribution < -0.4 is 0 Å². The van der Waals surface area contributed by atoms with Crippen molar-refractivity contribution in [3.63, 3.8) is 0 Å². The lowest BCUT2D eigenvalue weighted by atomic mass is 9.92. The van der Waals surface area contributed by atoms with Gasteiger partial charge in [-0.25, -0.2) is 0 Å². The lowest BCUT2D eigenvalue weighted by Gasteiger charge is -2.39. The van der Waals surface area contributed by atoms with Crippen LogP contribution in [0.4, 0.5) is 0 Å². The van der Waals surface area contributed by atoms with Crippen molar-refractivity contribution in [2.24, 2.45) is 17.8 Å². The van der Waals surface area contributed by atoms with Gasteiger partial charge in [-0.1, -0.05) is 26.7 Å². The minimum Gasteiger partial charge on any atom is -0.341 e. The van der Waals surface area contributed by atoms with Gasteiger partial charge in [0.2, 0.25) is 11.8 Å². The van der Waals surface area contributed by atoms with Crippen molar-refractivity contribution in [3.8, 4) is 0 Å². The van der Waals surface area contributed by atoms with E-state index in [1.807, 2.05) is 4.90 Å². The maximum Gasteiger partial charge on any atom is 0.236 e. The lowest BCUT2D eigenvalue weighted by Crippen LogP contribution is -2.53. The van der Waals surface area contributed by atoms with Crippen molar-refractivity contribution in [3.05, 3.63) is 0 Å². The third-order valence-corrected chi connectivity index (χ3v) is 5.97. The Morgan fingerprint density at radius 2 is 1.46 bits per heavy atom. The van der Waals surface area contributed by atoms with Crippen LogP contribution in [0.3, 0.4) is 0 Å². The fourth-order valence-electron chi connectivity index (χ4n) is 4.72. The Balaban J connectivity index is 1.43. The SMILES string of the molecule is CC1CC(C)CN(C(=O)CN2CCN(C(=O)C3CCCC3)CC2)C1. The number of amides is 2. The Hall–Kier alpha value is -1.10. The van der Waals surface area contributed by atoms with E-state index in [9.17, 15) is 9.59 Å². The van der Waals surface area contributed by atoms with Crippen LogP contribution in [0.1, 0.15) is 46.0 Å². The van der Waals surface area contributed by atoms with Gasteiger partial charge in [-0.15, -0.1) is 0 Å². The normalized spacial score (nSPS) is 29.9. The van der Waals surface area contributed by atoms with Gasteiger partial charge in [0.1, 0.15) is 0 Å². The molecular formula is C19H33N3O2. The molecule has 5 heteroatoms. The number of rotatable bonds is 3. The first-order chi connectivity index (χ1) is 11.5. The Morgan fingerprint density at radius 3 is 2.04 bits per heavy atom. The zero-order chi connectivity index (χ0) is 17.1. The van der Waals surface area contributed by atoms with Crippen LogP contribution in [0.15, 0.2) is 0 Å². The van der Waals surface area contributed by atoms with E-state index in [2.05, 4.69) is 23.6 Å². The summed E-state index contributed by atoms with van der Waals surface area (Å²) in [6.45, 7) is 10.1. The summed E-state index contributed by atoms with van der Waals surface area (Å²) in [6.07, 6.45) is 5.78. The lowest BCUT2D eigenvalue weighted by molar-refractivity contribution is -0.138. The van der Waals surface area contributed by atoms with Gasteiger partial charge in [-0.3, -0.25) is 14.5 Å². The second-order valence-electron chi connectivity index (χ2n) is 8.33. The fourth-order valence-corrected chi connectivity index (χ4v) is 4.72. The highest BCUT2D eigenvalue weighted by molar-refractivity contribution is 5.80. The second-order valence-corrected chi connectivity index (χ2v) is 8.33. The van der Waals surface area contributed by atoms with Crippen LogP contribution >= 0.6 is 0 Å². The van der Waals surface area contributed by atoms with E-state index in [4.69, 9.17) is 0 Å². The highest BCUT2D eigenvalue weighted by Gasteiger charge is 2.31. The van der Waals surface area contributed by atoms with Gasteiger partial charge >= 0.3 is 0 Å². The Bertz CT molecular complexity index is 444. The fraction of sp³-hybridized carbons (Fsp3) is 0.895. The van der Waals surface area contributed by atoms with Gasteiger partial charge in [0.25, 0.3) is 0 Å². The molecule has 0 spiro atoms. The van der Waals surface area contributed by atoms with E-state index in [0.29, 0.717) is 24.3 Å². The molecule has 3 rings (SSSR count). The highest BCUT2D eigenvalue weighted by atomic mass is 16.2. The number of carbonyl (C=O) groups excluding carboxylic acids is 2. The van der Waals surface area contributed by atoms with Crippen LogP contribution in [0.5, 0.6) is 0 Å². The minimum absolute atomic E-state index is 0.268. The molecule has 0 aromatic carbocycles. The van der Waals surface area contributed by atoms with E-state index < -0.39 is 0 Å². The standard InChI is InChI=1S/C19H33N3O2/c1-15-11-16(2)13-22(12-15)18(23)14-20-7-9-21(10-8-20)19(24)17-5-3-4-6-17/h15-17H,3-14H2,1-2H3. The number of hydrogen-bond donors (Lipinski definition) is 0. The quantitative estimate of drug-likeness (QED) is 0.790. The summed E-state index contributed by atoms with van der Waals surface area (Å²) in [5.41, 5.74) is 0. The number of nitrogens with zero attached hydrogens (tertiary/aromatic N) is 3.